The van der Waals surface area contributed by atoms with E-state index < -0.39 is 6.61 Å². The molecule has 0 aliphatic carbocycles. The van der Waals surface area contributed by atoms with E-state index in [4.69, 9.17) is 4.18 Å². The van der Waals surface area contributed by atoms with Crippen molar-refractivity contribution in [1.29, 1.82) is 0 Å². The number of hydrogen-bond acceptors (Lipinski definition) is 7. The highest BCUT2D eigenvalue weighted by Gasteiger charge is 2.10. The van der Waals surface area contributed by atoms with Gasteiger partial charge in [0.05, 0.1) is 24.0 Å². The van der Waals surface area contributed by atoms with Gasteiger partial charge in [0.2, 0.25) is 0 Å². The lowest BCUT2D eigenvalue weighted by atomic mass is 10.0. The van der Waals surface area contributed by atoms with Crippen molar-refractivity contribution in [1.82, 2.24) is 0 Å². The van der Waals surface area contributed by atoms with Gasteiger partial charge in [-0.1, -0.05) is 30.3 Å². The first kappa shape index (κ1) is 26.9. The Bertz CT molecular complexity index is 1050. The minimum absolute atomic E-state index is 0.0949. The Kier molecular flexibility index (Phi) is 10.6. The highest BCUT2D eigenvalue weighted by molar-refractivity contribution is 7.96. The molecular weight excluding hydrogens is 460 g/mol. The Balaban J connectivity index is 0.000000287. The minimum Gasteiger partial charge on any atom is -0.434 e. The average Bonchev–Trinajstić information content (AvgIpc) is 2.84. The fraction of sp³-hybridized carbons (Fsp3) is 0.240. The first-order chi connectivity index (χ1) is 16.3. The maximum Gasteiger partial charge on any atom is 0.387 e. The van der Waals surface area contributed by atoms with Crippen LogP contribution in [0.5, 0.6) is 5.75 Å². The summed E-state index contributed by atoms with van der Waals surface area (Å²) in [4.78, 5) is 12.4. The molecule has 3 aromatic carbocycles. The SMILES string of the molecule is CNc1cc(-c2ccc(N(C)C)cc2)ccc1N(C)SOC.O=Cc1ccccc1OC(F)F. The Morgan fingerprint density at radius 3 is 2.18 bits per heavy atom. The van der Waals surface area contributed by atoms with Gasteiger partial charge >= 0.3 is 6.61 Å². The topological polar surface area (TPSA) is 54.0 Å². The van der Waals surface area contributed by atoms with E-state index in [1.807, 2.05) is 32.5 Å². The van der Waals surface area contributed by atoms with Crippen LogP contribution >= 0.6 is 12.2 Å². The number of ether oxygens (including phenoxy) is 1. The molecule has 0 spiro atoms. The third-order valence-electron chi connectivity index (χ3n) is 4.77. The molecular formula is C25H29F2N3O3S. The number of alkyl halides is 2. The highest BCUT2D eigenvalue weighted by atomic mass is 32.2. The second kappa shape index (κ2) is 13.4. The fourth-order valence-electron chi connectivity index (χ4n) is 3.08. The van der Waals surface area contributed by atoms with E-state index in [0.29, 0.717) is 6.29 Å². The molecule has 34 heavy (non-hydrogen) atoms. The number of carbonyl (C=O) groups excluding carboxylic acids is 1. The number of anilines is 3. The van der Waals surface area contributed by atoms with E-state index in [1.165, 1.54) is 47.2 Å². The molecule has 0 bridgehead atoms. The molecule has 0 aliphatic heterocycles. The van der Waals surface area contributed by atoms with Gasteiger partial charge in [-0.3, -0.25) is 9.10 Å². The van der Waals surface area contributed by atoms with Gasteiger partial charge in [0, 0.05) is 33.9 Å². The summed E-state index contributed by atoms with van der Waals surface area (Å²) >= 11 is 1.31. The van der Waals surface area contributed by atoms with Crippen molar-refractivity contribution in [2.45, 2.75) is 6.61 Å². The largest absolute Gasteiger partial charge is 0.434 e. The second-order valence-electron chi connectivity index (χ2n) is 7.20. The molecule has 0 aliphatic rings. The summed E-state index contributed by atoms with van der Waals surface area (Å²) in [7, 11) is 9.68. The van der Waals surface area contributed by atoms with Gasteiger partial charge in [-0.25, -0.2) is 0 Å². The second-order valence-corrected chi connectivity index (χ2v) is 8.23. The first-order valence-corrected chi connectivity index (χ1v) is 11.0. The van der Waals surface area contributed by atoms with Crippen molar-refractivity contribution < 1.29 is 22.5 Å². The predicted molar refractivity (Wildman–Crippen MR) is 137 cm³/mol. The number of hydrogen-bond donors (Lipinski definition) is 1. The molecule has 182 valence electrons. The Hall–Kier alpha value is -3.30. The molecule has 0 unspecified atom stereocenters. The lowest BCUT2D eigenvalue weighted by molar-refractivity contribution is -0.0500. The molecule has 1 N–H and O–H groups in total. The van der Waals surface area contributed by atoms with Crippen LogP contribution in [-0.2, 0) is 4.18 Å². The maximum atomic E-state index is 11.7. The molecule has 0 amide bonds. The van der Waals surface area contributed by atoms with Gasteiger partial charge in [-0.05, 0) is 47.5 Å². The molecule has 0 saturated carbocycles. The Morgan fingerprint density at radius 1 is 0.971 bits per heavy atom. The van der Waals surface area contributed by atoms with Crippen LogP contribution < -0.4 is 19.3 Å². The maximum absolute atomic E-state index is 11.7. The third-order valence-corrected chi connectivity index (χ3v) is 5.34. The van der Waals surface area contributed by atoms with E-state index in [1.54, 1.807) is 13.2 Å². The molecule has 0 aromatic heterocycles. The van der Waals surface area contributed by atoms with Crippen molar-refractivity contribution in [2.24, 2.45) is 0 Å². The van der Waals surface area contributed by atoms with Gasteiger partial charge in [-0.15, -0.1) is 0 Å². The number of aldehydes is 1. The quantitative estimate of drug-likeness (QED) is 0.218. The van der Waals surface area contributed by atoms with Crippen LogP contribution in [0.3, 0.4) is 0 Å². The fourth-order valence-corrected chi connectivity index (χ4v) is 3.54. The minimum atomic E-state index is -2.90. The zero-order valence-corrected chi connectivity index (χ0v) is 20.6. The zero-order valence-electron chi connectivity index (χ0n) is 19.8. The van der Waals surface area contributed by atoms with Crippen LogP contribution in [0.15, 0.2) is 66.7 Å². The molecule has 0 saturated heterocycles. The lowest BCUT2D eigenvalue weighted by Gasteiger charge is -2.20. The monoisotopic (exact) mass is 489 g/mol. The Morgan fingerprint density at radius 2 is 1.62 bits per heavy atom. The van der Waals surface area contributed by atoms with Crippen molar-refractivity contribution in [2.75, 3.05) is 49.8 Å². The number of nitrogens with one attached hydrogen (secondary N) is 1. The smallest absolute Gasteiger partial charge is 0.387 e. The van der Waals surface area contributed by atoms with Gasteiger partial charge < -0.3 is 19.1 Å². The summed E-state index contributed by atoms with van der Waals surface area (Å²) in [6.07, 6.45) is 0.470. The van der Waals surface area contributed by atoms with Crippen LogP contribution in [0.4, 0.5) is 25.8 Å². The third kappa shape index (κ3) is 7.64. The van der Waals surface area contributed by atoms with E-state index in [0.717, 1.165) is 11.4 Å². The number of benzene rings is 3. The summed E-state index contributed by atoms with van der Waals surface area (Å²) in [5.74, 6) is -0.0949. The molecule has 3 rings (SSSR count). The molecule has 6 nitrogen and oxygen atoms in total. The molecule has 9 heteroatoms. The lowest BCUT2D eigenvalue weighted by Crippen LogP contribution is -2.09. The number of carbonyl (C=O) groups is 1. The van der Waals surface area contributed by atoms with E-state index >= 15 is 0 Å². The molecule has 3 aromatic rings. The van der Waals surface area contributed by atoms with Crippen LogP contribution in [0.25, 0.3) is 11.1 Å². The number of para-hydroxylation sites is 1. The Labute approximate surface area is 203 Å². The molecule has 0 fully saturated rings. The van der Waals surface area contributed by atoms with Gasteiger partial charge in [0.15, 0.2) is 6.29 Å². The summed E-state index contributed by atoms with van der Waals surface area (Å²) in [6, 6.07) is 20.8. The molecule has 0 atom stereocenters. The van der Waals surface area contributed by atoms with Crippen molar-refractivity contribution in [3.05, 3.63) is 72.3 Å². The van der Waals surface area contributed by atoms with Gasteiger partial charge in [-0.2, -0.15) is 8.78 Å². The average molecular weight is 490 g/mol. The predicted octanol–water partition coefficient (Wildman–Crippen LogP) is 6.21. The summed E-state index contributed by atoms with van der Waals surface area (Å²) in [5, 5.41) is 3.26. The number of rotatable bonds is 9. The summed E-state index contributed by atoms with van der Waals surface area (Å²) in [6.45, 7) is -2.90. The van der Waals surface area contributed by atoms with E-state index in [-0.39, 0.29) is 11.3 Å². The van der Waals surface area contributed by atoms with Crippen LogP contribution in [0, 0.1) is 0 Å². The number of halogens is 2. The van der Waals surface area contributed by atoms with Gasteiger partial charge in [0.25, 0.3) is 0 Å². The zero-order chi connectivity index (χ0) is 25.1. The van der Waals surface area contributed by atoms with Crippen LogP contribution in [0.1, 0.15) is 10.4 Å². The highest BCUT2D eigenvalue weighted by Crippen LogP contribution is 2.34. The van der Waals surface area contributed by atoms with Crippen molar-refractivity contribution in [3.8, 4) is 16.9 Å². The molecule has 0 radical (unpaired) electrons. The van der Waals surface area contributed by atoms with E-state index in [9.17, 15) is 13.6 Å². The van der Waals surface area contributed by atoms with Gasteiger partial charge in [0.1, 0.15) is 18.0 Å². The van der Waals surface area contributed by atoms with E-state index in [2.05, 4.69) is 57.4 Å². The summed E-state index contributed by atoms with van der Waals surface area (Å²) < 4.78 is 34.6. The van der Waals surface area contributed by atoms with Crippen molar-refractivity contribution in [3.63, 3.8) is 0 Å². The first-order valence-electron chi connectivity index (χ1n) is 10.3. The van der Waals surface area contributed by atoms with Crippen molar-refractivity contribution >= 4 is 35.6 Å². The molecule has 0 heterocycles. The summed E-state index contributed by atoms with van der Waals surface area (Å²) in [5.41, 5.74) is 5.87. The standard InChI is InChI=1S/C17H23N3OS.C8H6F2O2/c1-18-16-12-14(8-11-17(16)20(4)22-21-5)13-6-9-15(10-7-13)19(2)3;9-8(10)12-7-4-2-1-3-6(7)5-11/h6-12,18H,1-5H3;1-5,8H. The van der Waals surface area contributed by atoms with Crippen LogP contribution in [-0.4, -0.2) is 48.2 Å². The normalized spacial score (nSPS) is 10.2. The number of nitrogens with zero attached hydrogens (tertiary/aromatic N) is 2. The van der Waals surface area contributed by atoms with Crippen LogP contribution in [0.2, 0.25) is 0 Å².